The summed E-state index contributed by atoms with van der Waals surface area (Å²) >= 11 is 0. The first-order valence-electron chi connectivity index (χ1n) is 7.83. The summed E-state index contributed by atoms with van der Waals surface area (Å²) < 4.78 is 15.2. The number of hydrogen-bond acceptors (Lipinski definition) is 6. The van der Waals surface area contributed by atoms with Gasteiger partial charge in [0.1, 0.15) is 5.75 Å². The number of nitrogens with one attached hydrogen (secondary N) is 1. The Morgan fingerprint density at radius 1 is 1.09 bits per heavy atom. The molecule has 6 nitrogen and oxygen atoms in total. The van der Waals surface area contributed by atoms with Crippen LogP contribution in [0.2, 0.25) is 0 Å². The zero-order valence-electron chi connectivity index (χ0n) is 13.8. The normalized spacial score (nSPS) is 18.1. The van der Waals surface area contributed by atoms with Crippen LogP contribution in [0, 0.1) is 0 Å². The summed E-state index contributed by atoms with van der Waals surface area (Å²) in [4.78, 5) is 24.3. The Balaban J connectivity index is 1.99. The van der Waals surface area contributed by atoms with Gasteiger partial charge in [-0.05, 0) is 44.4 Å². The average Bonchev–Trinajstić information content (AvgIpc) is 3.30. The fourth-order valence-electron chi connectivity index (χ4n) is 2.60. The lowest BCUT2D eigenvalue weighted by Gasteiger charge is -2.12. The number of carbonyl (C=O) groups is 2. The summed E-state index contributed by atoms with van der Waals surface area (Å²) in [5.74, 6) is -0.318. The van der Waals surface area contributed by atoms with Crippen LogP contribution in [-0.4, -0.2) is 43.8 Å². The summed E-state index contributed by atoms with van der Waals surface area (Å²) in [6, 6.07) is 7.46. The van der Waals surface area contributed by atoms with E-state index in [0.717, 1.165) is 17.7 Å². The van der Waals surface area contributed by atoms with Crippen LogP contribution < -0.4 is 10.1 Å². The first-order chi connectivity index (χ1) is 11.1. The number of esters is 2. The lowest BCUT2D eigenvalue weighted by atomic mass is 9.99. The molecule has 0 aromatic heterocycles. The molecule has 0 saturated carbocycles. The first kappa shape index (κ1) is 17.3. The van der Waals surface area contributed by atoms with Gasteiger partial charge in [0.25, 0.3) is 0 Å². The zero-order chi connectivity index (χ0) is 16.9. The van der Waals surface area contributed by atoms with Crippen molar-refractivity contribution in [2.45, 2.75) is 38.3 Å². The second-order valence-electron chi connectivity index (χ2n) is 5.33. The zero-order valence-corrected chi connectivity index (χ0v) is 13.8. The van der Waals surface area contributed by atoms with Crippen molar-refractivity contribution in [2.75, 3.05) is 20.3 Å². The van der Waals surface area contributed by atoms with Crippen LogP contribution in [0.3, 0.4) is 0 Å². The largest absolute Gasteiger partial charge is 0.497 e. The van der Waals surface area contributed by atoms with Gasteiger partial charge in [-0.2, -0.15) is 0 Å². The van der Waals surface area contributed by atoms with E-state index in [4.69, 9.17) is 14.2 Å². The molecule has 23 heavy (non-hydrogen) atoms. The highest BCUT2D eigenvalue weighted by Gasteiger charge is 2.67. The minimum atomic E-state index is -1.33. The molecular formula is C17H23NO5. The fraction of sp³-hybridized carbons (Fsp3) is 0.529. The molecule has 1 aliphatic rings. The van der Waals surface area contributed by atoms with Crippen LogP contribution in [-0.2, 0) is 25.5 Å². The number of aryl methyl sites for hydroxylation is 1. The van der Waals surface area contributed by atoms with E-state index in [1.54, 1.807) is 21.0 Å². The van der Waals surface area contributed by atoms with E-state index < -0.39 is 17.5 Å². The van der Waals surface area contributed by atoms with Crippen molar-refractivity contribution in [2.24, 2.45) is 0 Å². The van der Waals surface area contributed by atoms with Gasteiger partial charge < -0.3 is 14.2 Å². The van der Waals surface area contributed by atoms with Crippen molar-refractivity contribution in [1.82, 2.24) is 5.32 Å². The number of carbonyl (C=O) groups excluding carboxylic acids is 2. The monoisotopic (exact) mass is 321 g/mol. The maximum absolute atomic E-state index is 12.1. The van der Waals surface area contributed by atoms with E-state index >= 15 is 0 Å². The number of ether oxygens (including phenoxy) is 3. The Morgan fingerprint density at radius 3 is 2.13 bits per heavy atom. The van der Waals surface area contributed by atoms with Crippen molar-refractivity contribution < 1.29 is 23.8 Å². The van der Waals surface area contributed by atoms with E-state index in [9.17, 15) is 9.59 Å². The molecule has 1 saturated heterocycles. The summed E-state index contributed by atoms with van der Waals surface area (Å²) in [7, 11) is 1.62. The molecule has 0 spiro atoms. The number of methoxy groups -OCH3 is 1. The van der Waals surface area contributed by atoms with Crippen molar-refractivity contribution in [1.29, 1.82) is 0 Å². The third-order valence-corrected chi connectivity index (χ3v) is 3.92. The van der Waals surface area contributed by atoms with Gasteiger partial charge in [0.15, 0.2) is 0 Å². The van der Waals surface area contributed by atoms with Gasteiger partial charge in [-0.3, -0.25) is 5.32 Å². The molecule has 1 heterocycles. The Hall–Kier alpha value is -2.08. The standard InChI is InChI=1S/C17H23NO5/c1-4-22-15(19)17(16(20)23-5-2)14(18-17)11-8-12-6-9-13(21-3)10-7-12/h6-7,9-10,14,18H,4-5,8,11H2,1-3H3. The smallest absolute Gasteiger partial charge is 0.339 e. The van der Waals surface area contributed by atoms with Gasteiger partial charge in [0.05, 0.1) is 20.3 Å². The average molecular weight is 321 g/mol. The van der Waals surface area contributed by atoms with Gasteiger partial charge in [-0.25, -0.2) is 9.59 Å². The quantitative estimate of drug-likeness (QED) is 0.443. The molecule has 2 rings (SSSR count). The highest BCUT2D eigenvalue weighted by molar-refractivity contribution is 6.09. The second kappa shape index (κ2) is 7.46. The molecule has 0 radical (unpaired) electrons. The van der Waals surface area contributed by atoms with Gasteiger partial charge in [-0.15, -0.1) is 0 Å². The molecule has 1 aliphatic heterocycles. The van der Waals surface area contributed by atoms with Crippen molar-refractivity contribution in [3.8, 4) is 5.75 Å². The van der Waals surface area contributed by atoms with Crippen molar-refractivity contribution in [3.63, 3.8) is 0 Å². The summed E-state index contributed by atoms with van der Waals surface area (Å²) in [6.45, 7) is 3.89. The molecule has 0 aliphatic carbocycles. The minimum Gasteiger partial charge on any atom is -0.497 e. The first-order valence-corrected chi connectivity index (χ1v) is 7.83. The lowest BCUT2D eigenvalue weighted by Crippen LogP contribution is -2.41. The second-order valence-corrected chi connectivity index (χ2v) is 5.33. The van der Waals surface area contributed by atoms with E-state index in [1.165, 1.54) is 0 Å². The highest BCUT2D eigenvalue weighted by atomic mass is 16.6. The van der Waals surface area contributed by atoms with Crippen LogP contribution in [0.4, 0.5) is 0 Å². The summed E-state index contributed by atoms with van der Waals surface area (Å²) in [5, 5.41) is 2.97. The molecular weight excluding hydrogens is 298 g/mol. The number of benzene rings is 1. The van der Waals surface area contributed by atoms with Gasteiger partial charge in [0.2, 0.25) is 5.54 Å². The van der Waals surface area contributed by atoms with E-state index in [0.29, 0.717) is 6.42 Å². The van der Waals surface area contributed by atoms with Crippen LogP contribution >= 0.6 is 0 Å². The lowest BCUT2D eigenvalue weighted by molar-refractivity contribution is -0.159. The summed E-state index contributed by atoms with van der Waals surface area (Å²) in [5.41, 5.74) is -0.223. The Labute approximate surface area is 136 Å². The molecule has 1 N–H and O–H groups in total. The van der Waals surface area contributed by atoms with Gasteiger partial charge >= 0.3 is 11.9 Å². The number of hydrogen-bond donors (Lipinski definition) is 1. The molecule has 126 valence electrons. The van der Waals surface area contributed by atoms with Crippen molar-refractivity contribution in [3.05, 3.63) is 29.8 Å². The summed E-state index contributed by atoms with van der Waals surface area (Å²) in [6.07, 6.45) is 1.38. The SMILES string of the molecule is CCOC(=O)C1(C(=O)OCC)NC1CCc1ccc(OC)cc1. The maximum Gasteiger partial charge on any atom is 0.339 e. The van der Waals surface area contributed by atoms with Gasteiger partial charge in [-0.1, -0.05) is 12.1 Å². The van der Waals surface area contributed by atoms with Crippen LogP contribution in [0.1, 0.15) is 25.8 Å². The molecule has 1 aromatic carbocycles. The molecule has 1 fully saturated rings. The van der Waals surface area contributed by atoms with Crippen LogP contribution in [0.25, 0.3) is 0 Å². The third kappa shape index (κ3) is 3.64. The van der Waals surface area contributed by atoms with E-state index in [2.05, 4.69) is 5.32 Å². The van der Waals surface area contributed by atoms with E-state index in [1.807, 2.05) is 24.3 Å². The molecule has 6 heteroatoms. The molecule has 1 atom stereocenters. The Morgan fingerprint density at radius 2 is 1.65 bits per heavy atom. The minimum absolute atomic E-state index is 0.229. The van der Waals surface area contributed by atoms with Crippen molar-refractivity contribution >= 4 is 11.9 Å². The Bertz CT molecular complexity index is 537. The molecule has 0 bridgehead atoms. The Kier molecular flexibility index (Phi) is 5.60. The number of rotatable bonds is 8. The van der Waals surface area contributed by atoms with Crippen LogP contribution in [0.15, 0.2) is 24.3 Å². The predicted octanol–water partition coefficient (Wildman–Crippen LogP) is 1.46. The fourth-order valence-corrected chi connectivity index (χ4v) is 2.60. The topological polar surface area (TPSA) is 83.8 Å². The predicted molar refractivity (Wildman–Crippen MR) is 84.2 cm³/mol. The molecule has 1 aromatic rings. The maximum atomic E-state index is 12.1. The molecule has 1 unspecified atom stereocenters. The molecule has 0 amide bonds. The van der Waals surface area contributed by atoms with Crippen LogP contribution in [0.5, 0.6) is 5.75 Å². The third-order valence-electron chi connectivity index (χ3n) is 3.92. The van der Waals surface area contributed by atoms with Gasteiger partial charge in [0, 0.05) is 6.04 Å². The van der Waals surface area contributed by atoms with E-state index in [-0.39, 0.29) is 19.3 Å². The highest BCUT2D eigenvalue weighted by Crippen LogP contribution is 2.33.